The molecule has 0 aliphatic rings. The fraction of sp³-hybridized carbons (Fsp3) is 0.667. The van der Waals surface area contributed by atoms with Gasteiger partial charge in [0, 0.05) is 13.1 Å². The Morgan fingerprint density at radius 3 is 2.50 bits per heavy atom. The van der Waals surface area contributed by atoms with Crippen LogP contribution in [0.2, 0.25) is 0 Å². The van der Waals surface area contributed by atoms with Gasteiger partial charge in [-0.25, -0.2) is 13.1 Å². The summed E-state index contributed by atoms with van der Waals surface area (Å²) in [6, 6.07) is 0. The molecule has 92 valence electrons. The second-order valence-electron chi connectivity index (χ2n) is 3.44. The summed E-state index contributed by atoms with van der Waals surface area (Å²) in [5.74, 6) is 0. The van der Waals surface area contributed by atoms with E-state index in [-0.39, 0.29) is 18.0 Å². The average Bonchev–Trinajstić information content (AvgIpc) is 2.51. The first kappa shape index (κ1) is 13.1. The second-order valence-corrected chi connectivity index (χ2v) is 5.14. The van der Waals surface area contributed by atoms with Gasteiger partial charge in [-0.15, -0.1) is 0 Å². The number of aliphatic hydroxyl groups excluding tert-OH is 1. The minimum atomic E-state index is -3.57. The lowest BCUT2D eigenvalue weighted by Crippen LogP contribution is -2.27. The zero-order valence-electron chi connectivity index (χ0n) is 9.69. The summed E-state index contributed by atoms with van der Waals surface area (Å²) in [6.45, 7) is 5.70. The summed E-state index contributed by atoms with van der Waals surface area (Å²) < 4.78 is 27.7. The first-order valence-corrected chi connectivity index (χ1v) is 6.57. The summed E-state index contributed by atoms with van der Waals surface area (Å²) >= 11 is 0. The minimum absolute atomic E-state index is 0.0124. The minimum Gasteiger partial charge on any atom is -0.395 e. The number of rotatable bonds is 5. The van der Waals surface area contributed by atoms with Gasteiger partial charge in [0.05, 0.1) is 18.0 Å². The van der Waals surface area contributed by atoms with Crippen molar-refractivity contribution in [1.82, 2.24) is 14.5 Å². The molecule has 6 nitrogen and oxygen atoms in total. The summed E-state index contributed by atoms with van der Waals surface area (Å²) in [5.41, 5.74) is 1.09. The fourth-order valence-electron chi connectivity index (χ4n) is 1.63. The lowest BCUT2D eigenvalue weighted by molar-refractivity contribution is 0.301. The lowest BCUT2D eigenvalue weighted by Gasteiger charge is -2.05. The van der Waals surface area contributed by atoms with E-state index in [0.717, 1.165) is 0 Å². The van der Waals surface area contributed by atoms with Crippen molar-refractivity contribution in [3.05, 3.63) is 11.4 Å². The van der Waals surface area contributed by atoms with E-state index < -0.39 is 10.0 Å². The summed E-state index contributed by atoms with van der Waals surface area (Å²) in [7, 11) is -3.57. The van der Waals surface area contributed by atoms with Crippen LogP contribution in [0.1, 0.15) is 18.3 Å². The second kappa shape index (κ2) is 4.94. The molecule has 0 aliphatic heterocycles. The van der Waals surface area contributed by atoms with E-state index in [9.17, 15) is 8.42 Å². The molecule has 0 bridgehead atoms. The van der Waals surface area contributed by atoms with Crippen molar-refractivity contribution in [3.8, 4) is 0 Å². The largest absolute Gasteiger partial charge is 0.395 e. The predicted octanol–water partition coefficient (Wildman–Crippen LogP) is -0.210. The highest BCUT2D eigenvalue weighted by Gasteiger charge is 2.23. The zero-order chi connectivity index (χ0) is 12.3. The molecule has 0 atom stereocenters. The van der Waals surface area contributed by atoms with Crippen LogP contribution < -0.4 is 4.72 Å². The van der Waals surface area contributed by atoms with Crippen molar-refractivity contribution in [2.24, 2.45) is 0 Å². The van der Waals surface area contributed by atoms with E-state index in [0.29, 0.717) is 17.9 Å². The Bertz CT molecular complexity index is 465. The molecule has 0 spiro atoms. The van der Waals surface area contributed by atoms with Gasteiger partial charge in [-0.05, 0) is 20.8 Å². The SMILES string of the molecule is CCn1nc(C)c(S(=O)(=O)NCCO)c1C. The number of aromatic nitrogens is 2. The zero-order valence-corrected chi connectivity index (χ0v) is 10.5. The van der Waals surface area contributed by atoms with Crippen LogP contribution in [0.15, 0.2) is 4.90 Å². The molecule has 16 heavy (non-hydrogen) atoms. The molecular formula is C9H17N3O3S. The molecule has 0 unspecified atom stereocenters. The molecule has 1 heterocycles. The number of nitrogens with zero attached hydrogens (tertiary/aromatic N) is 2. The van der Waals surface area contributed by atoms with Gasteiger partial charge >= 0.3 is 0 Å². The molecule has 1 aromatic heterocycles. The van der Waals surface area contributed by atoms with Crippen LogP contribution in [0.5, 0.6) is 0 Å². The smallest absolute Gasteiger partial charge is 0.244 e. The van der Waals surface area contributed by atoms with Crippen LogP contribution in [0.4, 0.5) is 0 Å². The number of aliphatic hydroxyl groups is 1. The number of aryl methyl sites for hydroxylation is 2. The molecule has 0 aromatic carbocycles. The highest BCUT2D eigenvalue weighted by atomic mass is 32.2. The monoisotopic (exact) mass is 247 g/mol. The molecule has 1 rings (SSSR count). The predicted molar refractivity (Wildman–Crippen MR) is 59.6 cm³/mol. The molecule has 7 heteroatoms. The molecule has 0 fully saturated rings. The number of nitrogens with one attached hydrogen (secondary N) is 1. The molecule has 0 amide bonds. The molecule has 0 saturated heterocycles. The third-order valence-electron chi connectivity index (χ3n) is 2.29. The Labute approximate surface area is 95.3 Å². The van der Waals surface area contributed by atoms with Gasteiger partial charge in [-0.3, -0.25) is 4.68 Å². The van der Waals surface area contributed by atoms with Crippen LogP contribution in [0.25, 0.3) is 0 Å². The van der Waals surface area contributed by atoms with Gasteiger partial charge in [0.15, 0.2) is 0 Å². The Hall–Kier alpha value is -0.920. The van der Waals surface area contributed by atoms with E-state index in [1.54, 1.807) is 18.5 Å². The number of hydrogen-bond donors (Lipinski definition) is 2. The van der Waals surface area contributed by atoms with Crippen molar-refractivity contribution < 1.29 is 13.5 Å². The molecule has 1 aromatic rings. The van der Waals surface area contributed by atoms with Crippen molar-refractivity contribution >= 4 is 10.0 Å². The van der Waals surface area contributed by atoms with Crippen molar-refractivity contribution in [2.45, 2.75) is 32.2 Å². The molecule has 0 aliphatic carbocycles. The fourth-order valence-corrected chi connectivity index (χ4v) is 3.06. The average molecular weight is 247 g/mol. The first-order valence-electron chi connectivity index (χ1n) is 5.08. The highest BCUT2D eigenvalue weighted by molar-refractivity contribution is 7.89. The Morgan fingerprint density at radius 1 is 1.44 bits per heavy atom. The Morgan fingerprint density at radius 2 is 2.06 bits per heavy atom. The van der Waals surface area contributed by atoms with Crippen LogP contribution >= 0.6 is 0 Å². The van der Waals surface area contributed by atoms with Gasteiger partial charge in [-0.2, -0.15) is 5.10 Å². The Kier molecular flexibility index (Phi) is 4.06. The third kappa shape index (κ3) is 2.42. The maximum atomic E-state index is 11.9. The summed E-state index contributed by atoms with van der Waals surface area (Å²) in [4.78, 5) is 0.211. The van der Waals surface area contributed by atoms with Crippen LogP contribution in [0, 0.1) is 13.8 Å². The Balaban J connectivity index is 3.17. The maximum absolute atomic E-state index is 11.9. The van der Waals surface area contributed by atoms with E-state index in [2.05, 4.69) is 9.82 Å². The van der Waals surface area contributed by atoms with Gasteiger partial charge in [-0.1, -0.05) is 0 Å². The normalized spacial score (nSPS) is 12.0. The molecule has 0 saturated carbocycles. The molecular weight excluding hydrogens is 230 g/mol. The van der Waals surface area contributed by atoms with Gasteiger partial charge in [0.25, 0.3) is 0 Å². The quantitative estimate of drug-likeness (QED) is 0.754. The van der Waals surface area contributed by atoms with E-state index in [1.807, 2.05) is 6.92 Å². The molecule has 2 N–H and O–H groups in total. The van der Waals surface area contributed by atoms with E-state index in [1.165, 1.54) is 0 Å². The van der Waals surface area contributed by atoms with Crippen LogP contribution in [-0.4, -0.2) is 36.5 Å². The van der Waals surface area contributed by atoms with E-state index in [4.69, 9.17) is 5.11 Å². The first-order chi connectivity index (χ1) is 7.44. The lowest BCUT2D eigenvalue weighted by atomic mass is 10.4. The number of sulfonamides is 1. The van der Waals surface area contributed by atoms with Crippen LogP contribution in [0.3, 0.4) is 0 Å². The standard InChI is InChI=1S/C9H17N3O3S/c1-4-12-8(3)9(7(2)11-12)16(14,15)10-5-6-13/h10,13H,4-6H2,1-3H3. The van der Waals surface area contributed by atoms with Crippen molar-refractivity contribution in [3.63, 3.8) is 0 Å². The third-order valence-corrected chi connectivity index (χ3v) is 4.00. The summed E-state index contributed by atoms with van der Waals surface area (Å²) in [6.07, 6.45) is 0. The van der Waals surface area contributed by atoms with Gasteiger partial charge < -0.3 is 5.11 Å². The maximum Gasteiger partial charge on any atom is 0.244 e. The molecule has 0 radical (unpaired) electrons. The van der Waals surface area contributed by atoms with Crippen molar-refractivity contribution in [2.75, 3.05) is 13.2 Å². The topological polar surface area (TPSA) is 84.2 Å². The van der Waals surface area contributed by atoms with E-state index >= 15 is 0 Å². The number of hydrogen-bond acceptors (Lipinski definition) is 4. The van der Waals surface area contributed by atoms with Gasteiger partial charge in [0.2, 0.25) is 10.0 Å². The van der Waals surface area contributed by atoms with Crippen molar-refractivity contribution in [1.29, 1.82) is 0 Å². The van der Waals surface area contributed by atoms with Gasteiger partial charge in [0.1, 0.15) is 4.90 Å². The summed E-state index contributed by atoms with van der Waals surface area (Å²) in [5, 5.41) is 12.8. The highest BCUT2D eigenvalue weighted by Crippen LogP contribution is 2.18. The van der Waals surface area contributed by atoms with Crippen LogP contribution in [-0.2, 0) is 16.6 Å².